The lowest BCUT2D eigenvalue weighted by Crippen LogP contribution is -2.30. The average Bonchev–Trinajstić information content (AvgIpc) is 2.99. The molecule has 28 heavy (non-hydrogen) atoms. The molecule has 0 bridgehead atoms. The molecule has 1 atom stereocenters. The molecular weight excluding hydrogens is 370 g/mol. The minimum atomic E-state index is -0.159. The molecule has 144 valence electrons. The summed E-state index contributed by atoms with van der Waals surface area (Å²) in [6, 6.07) is 12.1. The number of nitrogens with zero attached hydrogens (tertiary/aromatic N) is 4. The SMILES string of the molecule is Cc1ccc(-n2c(S[C@H]3CCCCNC3=O)nnc2-c2ccccn2)c(C)c1. The van der Waals surface area contributed by atoms with Crippen LogP contribution in [0.1, 0.15) is 30.4 Å². The van der Waals surface area contributed by atoms with Crippen molar-refractivity contribution >= 4 is 17.7 Å². The van der Waals surface area contributed by atoms with Crippen LogP contribution in [0.5, 0.6) is 0 Å². The molecule has 4 rings (SSSR count). The van der Waals surface area contributed by atoms with E-state index >= 15 is 0 Å². The number of benzene rings is 1. The summed E-state index contributed by atoms with van der Waals surface area (Å²) in [5.41, 5.74) is 4.09. The van der Waals surface area contributed by atoms with Crippen LogP contribution in [-0.4, -0.2) is 37.5 Å². The smallest absolute Gasteiger partial charge is 0.233 e. The number of amides is 1. The van der Waals surface area contributed by atoms with Gasteiger partial charge in [0.2, 0.25) is 5.91 Å². The van der Waals surface area contributed by atoms with Gasteiger partial charge in [-0.1, -0.05) is 41.9 Å². The first-order valence-electron chi connectivity index (χ1n) is 9.52. The van der Waals surface area contributed by atoms with E-state index in [1.54, 1.807) is 6.20 Å². The third-order valence-corrected chi connectivity index (χ3v) is 6.06. The lowest BCUT2D eigenvalue weighted by molar-refractivity contribution is -0.120. The highest BCUT2D eigenvalue weighted by Crippen LogP contribution is 2.33. The van der Waals surface area contributed by atoms with E-state index in [1.165, 1.54) is 17.3 Å². The summed E-state index contributed by atoms with van der Waals surface area (Å²) in [6.07, 6.45) is 4.64. The normalized spacial score (nSPS) is 17.2. The maximum absolute atomic E-state index is 12.5. The molecule has 6 nitrogen and oxygen atoms in total. The third kappa shape index (κ3) is 3.80. The maximum Gasteiger partial charge on any atom is 0.233 e. The molecule has 1 aliphatic heterocycles. The Balaban J connectivity index is 1.80. The number of carbonyl (C=O) groups excluding carboxylic acids is 1. The molecule has 1 fully saturated rings. The zero-order chi connectivity index (χ0) is 19.5. The van der Waals surface area contributed by atoms with Crippen molar-refractivity contribution < 1.29 is 4.79 Å². The van der Waals surface area contributed by atoms with E-state index in [1.807, 2.05) is 22.8 Å². The number of aromatic nitrogens is 4. The summed E-state index contributed by atoms with van der Waals surface area (Å²) < 4.78 is 2.03. The molecule has 0 unspecified atom stereocenters. The van der Waals surface area contributed by atoms with Gasteiger partial charge in [-0.15, -0.1) is 10.2 Å². The van der Waals surface area contributed by atoms with Gasteiger partial charge in [-0.05, 0) is 50.5 Å². The van der Waals surface area contributed by atoms with E-state index in [0.717, 1.165) is 47.9 Å². The van der Waals surface area contributed by atoms with Gasteiger partial charge in [-0.2, -0.15) is 0 Å². The molecular formula is C21H23N5OS. The van der Waals surface area contributed by atoms with Crippen LogP contribution in [0.2, 0.25) is 0 Å². The number of thioether (sulfide) groups is 1. The van der Waals surface area contributed by atoms with Crippen LogP contribution in [0.15, 0.2) is 47.8 Å². The van der Waals surface area contributed by atoms with Gasteiger partial charge in [-0.3, -0.25) is 14.3 Å². The van der Waals surface area contributed by atoms with E-state index in [0.29, 0.717) is 5.82 Å². The Hall–Kier alpha value is -2.67. The summed E-state index contributed by atoms with van der Waals surface area (Å²) in [5.74, 6) is 0.765. The molecule has 1 amide bonds. The fraction of sp³-hybridized carbons (Fsp3) is 0.333. The highest BCUT2D eigenvalue weighted by molar-refractivity contribution is 8.00. The number of pyridine rings is 1. The number of carbonyl (C=O) groups is 1. The van der Waals surface area contributed by atoms with E-state index in [4.69, 9.17) is 0 Å². The topological polar surface area (TPSA) is 72.7 Å². The standard InChI is InChI=1S/C21H23N5OS/c1-14-9-10-17(15(2)13-14)26-19(16-7-3-5-11-22-16)24-25-21(26)28-18-8-4-6-12-23-20(18)27/h3,5,7,9-11,13,18H,4,6,8,12H2,1-2H3,(H,23,27)/t18-/m0/s1. The van der Waals surface area contributed by atoms with Crippen molar-refractivity contribution in [2.24, 2.45) is 0 Å². The number of rotatable bonds is 4. The Morgan fingerprint density at radius 2 is 2.04 bits per heavy atom. The van der Waals surface area contributed by atoms with Gasteiger partial charge in [0.15, 0.2) is 11.0 Å². The van der Waals surface area contributed by atoms with Crippen molar-refractivity contribution in [1.82, 2.24) is 25.1 Å². The predicted octanol–water partition coefficient (Wildman–Crippen LogP) is 3.71. The Morgan fingerprint density at radius 1 is 1.14 bits per heavy atom. The fourth-order valence-electron chi connectivity index (χ4n) is 3.43. The Bertz CT molecular complexity index is 986. The third-order valence-electron chi connectivity index (χ3n) is 4.85. The second kappa shape index (κ2) is 8.14. The summed E-state index contributed by atoms with van der Waals surface area (Å²) in [6.45, 7) is 4.91. The monoisotopic (exact) mass is 393 g/mol. The number of hydrogen-bond donors (Lipinski definition) is 1. The van der Waals surface area contributed by atoms with Crippen molar-refractivity contribution in [2.75, 3.05) is 6.54 Å². The second-order valence-corrected chi connectivity index (χ2v) is 8.21. The minimum Gasteiger partial charge on any atom is -0.355 e. The zero-order valence-electron chi connectivity index (χ0n) is 16.1. The van der Waals surface area contributed by atoms with E-state index < -0.39 is 0 Å². The van der Waals surface area contributed by atoms with Crippen molar-refractivity contribution in [3.8, 4) is 17.2 Å². The number of aryl methyl sites for hydroxylation is 2. The second-order valence-electron chi connectivity index (χ2n) is 7.04. The van der Waals surface area contributed by atoms with E-state index in [-0.39, 0.29) is 11.2 Å². The summed E-state index contributed by atoms with van der Waals surface area (Å²) in [4.78, 5) is 16.9. The number of hydrogen-bond acceptors (Lipinski definition) is 5. The van der Waals surface area contributed by atoms with Gasteiger partial charge in [0.1, 0.15) is 5.69 Å². The number of nitrogens with one attached hydrogen (secondary N) is 1. The van der Waals surface area contributed by atoms with Crippen molar-refractivity contribution in [1.29, 1.82) is 0 Å². The molecule has 1 aromatic carbocycles. The largest absolute Gasteiger partial charge is 0.355 e. The lowest BCUT2D eigenvalue weighted by atomic mass is 10.1. The molecule has 3 aromatic rings. The first-order valence-corrected chi connectivity index (χ1v) is 10.4. The van der Waals surface area contributed by atoms with Crippen LogP contribution in [-0.2, 0) is 4.79 Å². The summed E-state index contributed by atoms with van der Waals surface area (Å²) in [7, 11) is 0. The molecule has 0 aliphatic carbocycles. The Morgan fingerprint density at radius 3 is 2.82 bits per heavy atom. The molecule has 2 aromatic heterocycles. The lowest BCUT2D eigenvalue weighted by Gasteiger charge is -2.16. The van der Waals surface area contributed by atoms with Crippen molar-refractivity contribution in [3.63, 3.8) is 0 Å². The van der Waals surface area contributed by atoms with Gasteiger partial charge >= 0.3 is 0 Å². The van der Waals surface area contributed by atoms with Gasteiger partial charge < -0.3 is 5.32 Å². The zero-order valence-corrected chi connectivity index (χ0v) is 16.9. The minimum absolute atomic E-state index is 0.0806. The molecule has 0 radical (unpaired) electrons. The Labute approximate surface area is 168 Å². The van der Waals surface area contributed by atoms with Crippen molar-refractivity contribution in [2.45, 2.75) is 43.5 Å². The van der Waals surface area contributed by atoms with Crippen molar-refractivity contribution in [3.05, 3.63) is 53.7 Å². The van der Waals surface area contributed by atoms with Gasteiger partial charge in [0.25, 0.3) is 0 Å². The van der Waals surface area contributed by atoms with Gasteiger partial charge in [0.05, 0.1) is 10.9 Å². The van der Waals surface area contributed by atoms with Crippen LogP contribution in [0.4, 0.5) is 0 Å². The van der Waals surface area contributed by atoms with E-state index in [9.17, 15) is 4.79 Å². The predicted molar refractivity (Wildman–Crippen MR) is 111 cm³/mol. The van der Waals surface area contributed by atoms with Crippen LogP contribution < -0.4 is 5.32 Å². The molecule has 0 saturated carbocycles. The Kier molecular flexibility index (Phi) is 5.43. The fourth-order valence-corrected chi connectivity index (χ4v) is 4.54. The summed E-state index contributed by atoms with van der Waals surface area (Å²) in [5, 5.41) is 12.4. The molecule has 1 aliphatic rings. The molecule has 1 N–H and O–H groups in total. The van der Waals surface area contributed by atoms with Crippen LogP contribution in [0, 0.1) is 13.8 Å². The molecule has 7 heteroatoms. The highest BCUT2D eigenvalue weighted by Gasteiger charge is 2.26. The highest BCUT2D eigenvalue weighted by atomic mass is 32.2. The molecule has 3 heterocycles. The van der Waals surface area contributed by atoms with Gasteiger partial charge in [0, 0.05) is 12.7 Å². The molecule has 0 spiro atoms. The average molecular weight is 394 g/mol. The maximum atomic E-state index is 12.5. The van der Waals surface area contributed by atoms with Gasteiger partial charge in [-0.25, -0.2) is 0 Å². The summed E-state index contributed by atoms with van der Waals surface area (Å²) >= 11 is 1.49. The first-order chi connectivity index (χ1) is 13.6. The van der Waals surface area contributed by atoms with E-state index in [2.05, 4.69) is 52.5 Å². The first kappa shape index (κ1) is 18.7. The quantitative estimate of drug-likeness (QED) is 0.732. The van der Waals surface area contributed by atoms with Crippen LogP contribution in [0.25, 0.3) is 17.2 Å². The molecule has 1 saturated heterocycles. The van der Waals surface area contributed by atoms with Crippen LogP contribution >= 0.6 is 11.8 Å². The van der Waals surface area contributed by atoms with Crippen LogP contribution in [0.3, 0.4) is 0 Å².